The van der Waals surface area contributed by atoms with Crippen molar-refractivity contribution in [2.45, 2.75) is 6.54 Å². The van der Waals surface area contributed by atoms with Crippen molar-refractivity contribution in [1.29, 1.82) is 0 Å². The number of halogens is 1. The zero-order chi connectivity index (χ0) is 19.5. The van der Waals surface area contributed by atoms with Crippen molar-refractivity contribution >= 4 is 23.2 Å². The molecule has 4 rings (SSSR count). The fraction of sp³-hybridized carbons (Fsp3) is 0.381. The fourth-order valence-corrected chi connectivity index (χ4v) is 3.80. The molecule has 0 radical (unpaired) electrons. The number of carbonyl (C=O) groups excluding carboxylic acids is 1. The summed E-state index contributed by atoms with van der Waals surface area (Å²) >= 11 is 6.25. The lowest BCUT2D eigenvalue weighted by Gasteiger charge is -2.35. The maximum absolute atomic E-state index is 12.7. The van der Waals surface area contributed by atoms with Gasteiger partial charge in [-0.1, -0.05) is 29.8 Å². The molecule has 0 aliphatic carbocycles. The lowest BCUT2D eigenvalue weighted by atomic mass is 10.1. The topological polar surface area (TPSA) is 54.0 Å². The molecule has 1 fully saturated rings. The summed E-state index contributed by atoms with van der Waals surface area (Å²) < 4.78 is 11.1. The number of carbonyl (C=O) groups is 1. The van der Waals surface area contributed by atoms with Gasteiger partial charge in [0, 0.05) is 44.0 Å². The molecule has 2 aromatic carbocycles. The van der Waals surface area contributed by atoms with Crippen LogP contribution in [0, 0.1) is 0 Å². The molecule has 2 aromatic rings. The monoisotopic (exact) mass is 401 g/mol. The van der Waals surface area contributed by atoms with E-state index < -0.39 is 0 Å². The third-order valence-corrected chi connectivity index (χ3v) is 5.41. The Hall–Kier alpha value is -2.44. The second-order valence-electron chi connectivity index (χ2n) is 7.08. The molecule has 0 spiro atoms. The van der Waals surface area contributed by atoms with Crippen LogP contribution in [0.15, 0.2) is 36.4 Å². The van der Waals surface area contributed by atoms with Crippen LogP contribution in [0.5, 0.6) is 11.5 Å². The van der Waals surface area contributed by atoms with Crippen molar-refractivity contribution in [2.75, 3.05) is 51.3 Å². The van der Waals surface area contributed by atoms with Crippen LogP contribution in [0.3, 0.4) is 0 Å². The minimum atomic E-state index is -0.188. The number of anilines is 1. The number of amides is 1. The smallest absolute Gasteiger partial charge is 0.251 e. The second kappa shape index (κ2) is 8.29. The van der Waals surface area contributed by atoms with Gasteiger partial charge in [0.15, 0.2) is 11.5 Å². The van der Waals surface area contributed by atoms with Gasteiger partial charge in [0.25, 0.3) is 5.91 Å². The highest BCUT2D eigenvalue weighted by atomic mass is 35.5. The molecule has 0 bridgehead atoms. The van der Waals surface area contributed by atoms with Crippen molar-refractivity contribution < 1.29 is 14.3 Å². The van der Waals surface area contributed by atoms with Gasteiger partial charge in [-0.25, -0.2) is 0 Å². The first-order valence-electron chi connectivity index (χ1n) is 9.50. The first kappa shape index (κ1) is 18.9. The fourth-order valence-electron chi connectivity index (χ4n) is 3.54. The molecule has 0 atom stereocenters. The van der Waals surface area contributed by atoms with Crippen LogP contribution >= 0.6 is 11.6 Å². The average molecular weight is 402 g/mol. The van der Waals surface area contributed by atoms with Crippen molar-refractivity contribution in [3.05, 3.63) is 52.5 Å². The van der Waals surface area contributed by atoms with Crippen molar-refractivity contribution in [3.63, 3.8) is 0 Å². The summed E-state index contributed by atoms with van der Waals surface area (Å²) in [5.41, 5.74) is 2.74. The largest absolute Gasteiger partial charge is 0.486 e. The van der Waals surface area contributed by atoms with Gasteiger partial charge in [0.2, 0.25) is 0 Å². The second-order valence-corrected chi connectivity index (χ2v) is 7.49. The number of para-hydroxylation sites is 1. The van der Waals surface area contributed by atoms with Gasteiger partial charge in [0.1, 0.15) is 13.2 Å². The molecule has 2 heterocycles. The van der Waals surface area contributed by atoms with Gasteiger partial charge in [0.05, 0.1) is 5.02 Å². The van der Waals surface area contributed by atoms with E-state index >= 15 is 0 Å². The number of piperazine rings is 1. The van der Waals surface area contributed by atoms with Crippen LogP contribution in [-0.4, -0.2) is 57.2 Å². The molecule has 1 saturated heterocycles. The van der Waals surface area contributed by atoms with Crippen molar-refractivity contribution in [2.24, 2.45) is 0 Å². The number of rotatable bonds is 4. The summed E-state index contributed by atoms with van der Waals surface area (Å²) in [6, 6.07) is 11.5. The van der Waals surface area contributed by atoms with Crippen LogP contribution in [0.25, 0.3) is 0 Å². The first-order valence-corrected chi connectivity index (χ1v) is 9.88. The van der Waals surface area contributed by atoms with Gasteiger partial charge >= 0.3 is 0 Å². The van der Waals surface area contributed by atoms with E-state index in [1.807, 2.05) is 12.1 Å². The summed E-state index contributed by atoms with van der Waals surface area (Å²) in [7, 11) is 2.14. The highest BCUT2D eigenvalue weighted by Gasteiger charge is 2.20. The summed E-state index contributed by atoms with van der Waals surface area (Å²) in [5, 5.41) is 3.40. The Morgan fingerprint density at radius 3 is 2.68 bits per heavy atom. The first-order chi connectivity index (χ1) is 13.6. The molecule has 0 saturated carbocycles. The van der Waals surface area contributed by atoms with E-state index in [1.54, 1.807) is 12.1 Å². The Bertz CT molecular complexity index is 866. The van der Waals surface area contributed by atoms with E-state index in [0.29, 0.717) is 41.8 Å². The summed E-state index contributed by atoms with van der Waals surface area (Å²) in [4.78, 5) is 17.4. The molecule has 1 N–H and O–H groups in total. The summed E-state index contributed by atoms with van der Waals surface area (Å²) in [5.74, 6) is 0.832. The number of hydrogen-bond acceptors (Lipinski definition) is 5. The Labute approximate surface area is 170 Å². The highest BCUT2D eigenvalue weighted by Crippen LogP contribution is 2.38. The molecule has 6 nitrogen and oxygen atoms in total. The van der Waals surface area contributed by atoms with Crippen LogP contribution in [0.2, 0.25) is 5.02 Å². The van der Waals surface area contributed by atoms with Crippen LogP contribution in [0.1, 0.15) is 15.9 Å². The Kier molecular flexibility index (Phi) is 5.59. The van der Waals surface area contributed by atoms with Crippen molar-refractivity contribution in [3.8, 4) is 11.5 Å². The molecule has 0 unspecified atom stereocenters. The van der Waals surface area contributed by atoms with Gasteiger partial charge in [-0.2, -0.15) is 0 Å². The molecule has 28 heavy (non-hydrogen) atoms. The lowest BCUT2D eigenvalue weighted by molar-refractivity contribution is 0.0949. The molecule has 2 aliphatic heterocycles. The maximum Gasteiger partial charge on any atom is 0.251 e. The number of ether oxygens (including phenoxy) is 2. The molecule has 1 amide bonds. The third-order valence-electron chi connectivity index (χ3n) is 5.13. The number of hydrogen-bond donors (Lipinski definition) is 1. The van der Waals surface area contributed by atoms with Crippen LogP contribution < -0.4 is 19.7 Å². The molecule has 7 heteroatoms. The molecular weight excluding hydrogens is 378 g/mol. The Morgan fingerprint density at radius 2 is 1.86 bits per heavy atom. The molecule has 0 aromatic heterocycles. The number of nitrogens with zero attached hydrogens (tertiary/aromatic N) is 2. The number of nitrogens with one attached hydrogen (secondary N) is 1. The van der Waals surface area contributed by atoms with Crippen LogP contribution in [-0.2, 0) is 6.54 Å². The molecule has 148 valence electrons. The lowest BCUT2D eigenvalue weighted by Crippen LogP contribution is -2.45. The standard InChI is InChI=1S/C21H24ClN3O3/c1-24-6-8-25(9-7-24)18-5-3-2-4-15(18)14-23-21(26)16-12-17(22)20-19(13-16)27-10-11-28-20/h2-5,12-13H,6-11,14H2,1H3,(H,23,26). The zero-order valence-corrected chi connectivity index (χ0v) is 16.7. The highest BCUT2D eigenvalue weighted by molar-refractivity contribution is 6.32. The number of benzene rings is 2. The Balaban J connectivity index is 1.46. The quantitative estimate of drug-likeness (QED) is 0.853. The van der Waals surface area contributed by atoms with Crippen molar-refractivity contribution in [1.82, 2.24) is 10.2 Å². The Morgan fingerprint density at radius 1 is 1.11 bits per heavy atom. The molecular formula is C21H24ClN3O3. The average Bonchev–Trinajstić information content (AvgIpc) is 2.73. The molecule has 2 aliphatic rings. The number of likely N-dealkylation sites (N-methyl/N-ethyl adjacent to an activating group) is 1. The van der Waals surface area contributed by atoms with E-state index in [-0.39, 0.29) is 5.91 Å². The minimum absolute atomic E-state index is 0.188. The summed E-state index contributed by atoms with van der Waals surface area (Å²) in [6.07, 6.45) is 0. The van der Waals surface area contributed by atoms with Gasteiger partial charge in [-0.3, -0.25) is 4.79 Å². The maximum atomic E-state index is 12.7. The number of fused-ring (bicyclic) bond motifs is 1. The van der Waals surface area contributed by atoms with E-state index in [1.165, 1.54) is 5.69 Å². The third kappa shape index (κ3) is 4.03. The van der Waals surface area contributed by atoms with Gasteiger partial charge in [-0.15, -0.1) is 0 Å². The summed E-state index contributed by atoms with van der Waals surface area (Å²) in [6.45, 7) is 5.41. The van der Waals surface area contributed by atoms with E-state index in [2.05, 4.69) is 34.3 Å². The minimum Gasteiger partial charge on any atom is -0.486 e. The predicted molar refractivity (Wildman–Crippen MR) is 110 cm³/mol. The SMILES string of the molecule is CN1CCN(c2ccccc2CNC(=O)c2cc(Cl)c3c(c2)OCCO3)CC1. The van der Waals surface area contributed by atoms with E-state index in [9.17, 15) is 4.79 Å². The van der Waals surface area contributed by atoms with E-state index in [0.717, 1.165) is 31.7 Å². The van der Waals surface area contributed by atoms with Crippen LogP contribution in [0.4, 0.5) is 5.69 Å². The predicted octanol–water partition coefficient (Wildman–Crippen LogP) is 2.79. The zero-order valence-electron chi connectivity index (χ0n) is 15.9. The normalized spacial score (nSPS) is 16.7. The van der Waals surface area contributed by atoms with Gasteiger partial charge in [-0.05, 0) is 30.8 Å². The van der Waals surface area contributed by atoms with Gasteiger partial charge < -0.3 is 24.6 Å². The van der Waals surface area contributed by atoms with E-state index in [4.69, 9.17) is 21.1 Å².